The number of benzene rings is 2. The molecule has 31 heavy (non-hydrogen) atoms. The number of nitrogens with one attached hydrogen (secondary N) is 1. The molecular formula is C23H27Cl3N2O2S. The van der Waals surface area contributed by atoms with E-state index in [4.69, 9.17) is 34.8 Å². The van der Waals surface area contributed by atoms with Gasteiger partial charge in [0.2, 0.25) is 11.8 Å². The van der Waals surface area contributed by atoms with Crippen molar-refractivity contribution in [2.75, 3.05) is 12.3 Å². The average Bonchev–Trinajstić information content (AvgIpc) is 2.75. The number of carbonyl (C=O) groups excluding carboxylic acids is 2. The van der Waals surface area contributed by atoms with Crippen molar-refractivity contribution in [2.24, 2.45) is 0 Å². The van der Waals surface area contributed by atoms with E-state index in [0.29, 0.717) is 33.9 Å². The molecule has 0 fully saturated rings. The van der Waals surface area contributed by atoms with E-state index in [9.17, 15) is 9.59 Å². The summed E-state index contributed by atoms with van der Waals surface area (Å²) in [7, 11) is 0. The first-order valence-electron chi connectivity index (χ1n) is 10.1. The summed E-state index contributed by atoms with van der Waals surface area (Å²) < 4.78 is 0. The molecule has 168 valence electrons. The normalized spacial score (nSPS) is 11.8. The number of nitrogens with zero attached hydrogens (tertiary/aromatic N) is 1. The molecule has 2 aromatic rings. The molecule has 0 aliphatic carbocycles. The summed E-state index contributed by atoms with van der Waals surface area (Å²) in [6.07, 6.45) is 1.90. The Balaban J connectivity index is 2.04. The van der Waals surface area contributed by atoms with Gasteiger partial charge in [0.1, 0.15) is 6.04 Å². The highest BCUT2D eigenvalue weighted by Gasteiger charge is 2.25. The van der Waals surface area contributed by atoms with Crippen molar-refractivity contribution in [3.05, 3.63) is 68.7 Å². The lowest BCUT2D eigenvalue weighted by Gasteiger charge is -2.29. The Bertz CT molecular complexity index is 878. The molecule has 0 heterocycles. The monoisotopic (exact) mass is 500 g/mol. The lowest BCUT2D eigenvalue weighted by molar-refractivity contribution is -0.138. The van der Waals surface area contributed by atoms with E-state index in [1.54, 1.807) is 36.1 Å². The van der Waals surface area contributed by atoms with Crippen LogP contribution in [0.1, 0.15) is 37.8 Å². The topological polar surface area (TPSA) is 49.4 Å². The van der Waals surface area contributed by atoms with Crippen LogP contribution in [-0.4, -0.2) is 35.1 Å². The summed E-state index contributed by atoms with van der Waals surface area (Å²) in [6, 6.07) is 12.2. The highest BCUT2D eigenvalue weighted by Crippen LogP contribution is 2.25. The van der Waals surface area contributed by atoms with Crippen LogP contribution >= 0.6 is 46.6 Å². The van der Waals surface area contributed by atoms with Gasteiger partial charge in [-0.1, -0.05) is 66.3 Å². The minimum atomic E-state index is -0.578. The van der Waals surface area contributed by atoms with Crippen molar-refractivity contribution < 1.29 is 9.59 Å². The zero-order valence-corrected chi connectivity index (χ0v) is 20.8. The van der Waals surface area contributed by atoms with Crippen LogP contribution in [0.4, 0.5) is 0 Å². The molecule has 8 heteroatoms. The van der Waals surface area contributed by atoms with Gasteiger partial charge in [-0.2, -0.15) is 0 Å². The molecule has 0 saturated carbocycles. The summed E-state index contributed by atoms with van der Waals surface area (Å²) in [5.74, 6) is 0.623. The molecule has 0 aromatic heterocycles. The van der Waals surface area contributed by atoms with Crippen molar-refractivity contribution in [2.45, 2.75) is 45.0 Å². The van der Waals surface area contributed by atoms with Crippen molar-refractivity contribution in [1.29, 1.82) is 0 Å². The second-order valence-corrected chi connectivity index (χ2v) is 9.45. The number of hydrogen-bond acceptors (Lipinski definition) is 3. The predicted molar refractivity (Wildman–Crippen MR) is 132 cm³/mol. The third-order valence-electron chi connectivity index (χ3n) is 4.74. The number of unbranched alkanes of at least 4 members (excludes halogenated alkanes) is 1. The van der Waals surface area contributed by atoms with Crippen molar-refractivity contribution in [3.63, 3.8) is 0 Å². The van der Waals surface area contributed by atoms with Crippen LogP contribution in [-0.2, 0) is 21.9 Å². The van der Waals surface area contributed by atoms with Crippen LogP contribution in [0.15, 0.2) is 42.5 Å². The number of carbonyl (C=O) groups is 2. The van der Waals surface area contributed by atoms with E-state index < -0.39 is 6.04 Å². The van der Waals surface area contributed by atoms with Gasteiger partial charge in [-0.3, -0.25) is 9.59 Å². The first-order valence-corrected chi connectivity index (χ1v) is 12.4. The Morgan fingerprint density at radius 3 is 2.35 bits per heavy atom. The van der Waals surface area contributed by atoms with Gasteiger partial charge < -0.3 is 10.2 Å². The second kappa shape index (κ2) is 13.2. The molecule has 0 bridgehead atoms. The Kier molecular flexibility index (Phi) is 11.0. The van der Waals surface area contributed by atoms with Gasteiger partial charge in [0.15, 0.2) is 0 Å². The summed E-state index contributed by atoms with van der Waals surface area (Å²) in [6.45, 7) is 4.77. The van der Waals surface area contributed by atoms with Crippen molar-refractivity contribution >= 4 is 58.4 Å². The quantitative estimate of drug-likeness (QED) is 0.372. The van der Waals surface area contributed by atoms with E-state index in [-0.39, 0.29) is 17.6 Å². The summed E-state index contributed by atoms with van der Waals surface area (Å²) in [4.78, 5) is 27.3. The molecule has 2 amide bonds. The fourth-order valence-corrected chi connectivity index (χ4v) is 4.18. The molecule has 2 aromatic carbocycles. The van der Waals surface area contributed by atoms with Gasteiger partial charge in [0, 0.05) is 23.9 Å². The van der Waals surface area contributed by atoms with E-state index in [0.717, 1.165) is 24.0 Å². The first kappa shape index (κ1) is 25.9. The molecule has 0 aliphatic rings. The maximum absolute atomic E-state index is 13.1. The Morgan fingerprint density at radius 2 is 1.71 bits per heavy atom. The molecule has 1 N–H and O–H groups in total. The molecular weight excluding hydrogens is 475 g/mol. The lowest BCUT2D eigenvalue weighted by atomic mass is 10.1. The zero-order chi connectivity index (χ0) is 22.8. The molecule has 0 spiro atoms. The Hall–Kier alpha value is -1.40. The fraction of sp³-hybridized carbons (Fsp3) is 0.391. The third kappa shape index (κ3) is 8.57. The van der Waals surface area contributed by atoms with Crippen LogP contribution in [0.2, 0.25) is 15.1 Å². The zero-order valence-electron chi connectivity index (χ0n) is 17.7. The molecule has 0 unspecified atom stereocenters. The predicted octanol–water partition coefficient (Wildman–Crippen LogP) is 6.21. The largest absolute Gasteiger partial charge is 0.354 e. The van der Waals surface area contributed by atoms with Gasteiger partial charge in [0.25, 0.3) is 0 Å². The van der Waals surface area contributed by atoms with Crippen LogP contribution in [0.25, 0.3) is 0 Å². The number of thioether (sulfide) groups is 1. The summed E-state index contributed by atoms with van der Waals surface area (Å²) in [5.41, 5.74) is 1.90. The highest BCUT2D eigenvalue weighted by molar-refractivity contribution is 7.99. The number of hydrogen-bond donors (Lipinski definition) is 1. The van der Waals surface area contributed by atoms with E-state index in [2.05, 4.69) is 12.2 Å². The molecule has 1 atom stereocenters. The maximum atomic E-state index is 13.1. The smallest absolute Gasteiger partial charge is 0.242 e. The van der Waals surface area contributed by atoms with E-state index in [1.807, 2.05) is 18.2 Å². The van der Waals surface area contributed by atoms with Crippen LogP contribution in [0, 0.1) is 0 Å². The van der Waals surface area contributed by atoms with Gasteiger partial charge in [0.05, 0.1) is 15.8 Å². The van der Waals surface area contributed by atoms with Crippen LogP contribution in [0.5, 0.6) is 0 Å². The Morgan fingerprint density at radius 1 is 1.03 bits per heavy atom. The standard InChI is InChI=1S/C23H27Cl3N2O2S/c1-3-4-11-27-23(30)16(2)28(13-17-5-8-19(24)9-6-17)22(29)15-31-14-18-7-10-20(25)21(26)12-18/h5-10,12,16H,3-4,11,13-15H2,1-2H3,(H,27,30)/t16-/m0/s1. The number of rotatable bonds is 11. The first-order chi connectivity index (χ1) is 14.8. The maximum Gasteiger partial charge on any atom is 0.242 e. The highest BCUT2D eigenvalue weighted by atomic mass is 35.5. The van der Waals surface area contributed by atoms with Gasteiger partial charge in [-0.15, -0.1) is 11.8 Å². The van der Waals surface area contributed by atoms with Gasteiger partial charge in [-0.25, -0.2) is 0 Å². The molecule has 0 aliphatic heterocycles. The Labute approximate surface area is 203 Å². The lowest BCUT2D eigenvalue weighted by Crippen LogP contribution is -2.48. The summed E-state index contributed by atoms with van der Waals surface area (Å²) in [5, 5.41) is 4.54. The minimum Gasteiger partial charge on any atom is -0.354 e. The van der Waals surface area contributed by atoms with Crippen LogP contribution in [0.3, 0.4) is 0 Å². The van der Waals surface area contributed by atoms with Gasteiger partial charge >= 0.3 is 0 Å². The van der Waals surface area contributed by atoms with E-state index in [1.165, 1.54) is 11.8 Å². The molecule has 0 saturated heterocycles. The van der Waals surface area contributed by atoms with E-state index >= 15 is 0 Å². The van der Waals surface area contributed by atoms with Crippen molar-refractivity contribution in [3.8, 4) is 0 Å². The average molecular weight is 502 g/mol. The molecule has 4 nitrogen and oxygen atoms in total. The third-order valence-corrected chi connectivity index (χ3v) is 6.72. The van der Waals surface area contributed by atoms with Gasteiger partial charge in [-0.05, 0) is 48.7 Å². The molecule has 2 rings (SSSR count). The van der Waals surface area contributed by atoms with Crippen LogP contribution < -0.4 is 5.32 Å². The van der Waals surface area contributed by atoms with Crippen molar-refractivity contribution in [1.82, 2.24) is 10.2 Å². The second-order valence-electron chi connectivity index (χ2n) is 7.21. The minimum absolute atomic E-state index is 0.0989. The fourth-order valence-electron chi connectivity index (χ4n) is 2.87. The number of halogens is 3. The molecule has 0 radical (unpaired) electrons. The number of amides is 2. The summed E-state index contributed by atoms with van der Waals surface area (Å²) >= 11 is 19.5. The SMILES string of the molecule is CCCCNC(=O)[C@H](C)N(Cc1ccc(Cl)cc1)C(=O)CSCc1ccc(Cl)c(Cl)c1.